The maximum atomic E-state index is 13.1. The molecule has 0 saturated carbocycles. The number of ether oxygens (including phenoxy) is 2. The van der Waals surface area contributed by atoms with Crippen LogP contribution in [0.1, 0.15) is 83.8 Å². The molecule has 6 unspecified atom stereocenters. The third-order valence-corrected chi connectivity index (χ3v) is 8.15. The van der Waals surface area contributed by atoms with Gasteiger partial charge in [0.1, 0.15) is 16.9 Å². The van der Waals surface area contributed by atoms with E-state index in [0.717, 1.165) is 24.3 Å². The van der Waals surface area contributed by atoms with Crippen molar-refractivity contribution in [3.05, 3.63) is 21.7 Å². The Labute approximate surface area is 211 Å². The molecule has 0 spiro atoms. The Kier molecular flexibility index (Phi) is 8.91. The number of aliphatic hydroxyl groups is 2. The van der Waals surface area contributed by atoms with Crippen LogP contribution in [0.5, 0.6) is 0 Å². The number of hydrogen-bond donors (Lipinski definition) is 3. The Morgan fingerprint density at radius 1 is 1.31 bits per heavy atom. The molecule has 1 aromatic rings. The van der Waals surface area contributed by atoms with Crippen molar-refractivity contribution in [1.82, 2.24) is 4.98 Å². The Morgan fingerprint density at radius 3 is 2.69 bits per heavy atom. The minimum absolute atomic E-state index is 0.0221. The number of carbonyl (C=O) groups excluding carboxylic acids is 2. The van der Waals surface area contributed by atoms with Crippen LogP contribution < -0.4 is 5.73 Å². The van der Waals surface area contributed by atoms with Crippen molar-refractivity contribution in [2.75, 3.05) is 0 Å². The van der Waals surface area contributed by atoms with Gasteiger partial charge in [-0.15, -0.1) is 11.3 Å². The molecule has 4 N–H and O–H groups in total. The van der Waals surface area contributed by atoms with E-state index in [4.69, 9.17) is 15.2 Å². The van der Waals surface area contributed by atoms with Crippen molar-refractivity contribution in [3.8, 4) is 0 Å². The van der Waals surface area contributed by atoms with E-state index in [9.17, 15) is 19.8 Å². The molecule has 0 aliphatic carbocycles. The number of epoxide rings is 1. The standard InChI is InChI=1S/C26H40N2O6S/c1-15-7-6-8-19-26(32,34-19)24(31)22(16(2)12-18-14-35-20(13-27)28-18)33-21(29)9-10-25(4,5)23(30)17(3)11-15/h12,14-15,17,19,22,24,31-32H,6-11,13,27H2,1-5H3. The van der Waals surface area contributed by atoms with Gasteiger partial charge in [-0.3, -0.25) is 9.59 Å². The molecular formula is C26H40N2O6S. The summed E-state index contributed by atoms with van der Waals surface area (Å²) in [6.07, 6.45) is 2.00. The smallest absolute Gasteiger partial charge is 0.306 e. The predicted octanol–water partition coefficient (Wildman–Crippen LogP) is 3.59. The lowest BCUT2D eigenvalue weighted by Gasteiger charge is -2.29. The number of aromatic nitrogens is 1. The van der Waals surface area contributed by atoms with Gasteiger partial charge in [0.2, 0.25) is 5.79 Å². The van der Waals surface area contributed by atoms with Gasteiger partial charge >= 0.3 is 5.97 Å². The Balaban J connectivity index is 1.85. The average Bonchev–Trinajstić information content (AvgIpc) is 3.24. The van der Waals surface area contributed by atoms with E-state index in [-0.39, 0.29) is 18.1 Å². The third-order valence-electron chi connectivity index (χ3n) is 7.26. The summed E-state index contributed by atoms with van der Waals surface area (Å²) in [5.74, 6) is -1.93. The molecule has 0 aromatic carbocycles. The molecule has 9 heteroatoms. The molecular weight excluding hydrogens is 468 g/mol. The van der Waals surface area contributed by atoms with Crippen molar-refractivity contribution in [1.29, 1.82) is 0 Å². The fraction of sp³-hybridized carbons (Fsp3) is 0.731. The summed E-state index contributed by atoms with van der Waals surface area (Å²) in [7, 11) is 0. The van der Waals surface area contributed by atoms with Gasteiger partial charge in [-0.05, 0) is 43.8 Å². The number of nitrogens with two attached hydrogens (primary N) is 1. The largest absolute Gasteiger partial charge is 0.455 e. The number of esters is 1. The number of fused-ring (bicyclic) bond motifs is 1. The zero-order valence-corrected chi connectivity index (χ0v) is 22.3. The summed E-state index contributed by atoms with van der Waals surface area (Å²) >= 11 is 1.42. The molecule has 3 rings (SSSR count). The Hall–Kier alpha value is -1.65. The molecule has 35 heavy (non-hydrogen) atoms. The summed E-state index contributed by atoms with van der Waals surface area (Å²) in [6.45, 7) is 9.86. The minimum atomic E-state index is -1.77. The third kappa shape index (κ3) is 6.77. The maximum absolute atomic E-state index is 13.1. The number of hydrogen-bond acceptors (Lipinski definition) is 9. The van der Waals surface area contributed by atoms with Gasteiger partial charge in [0.05, 0.1) is 5.69 Å². The molecule has 3 heterocycles. The van der Waals surface area contributed by atoms with Crippen LogP contribution in [-0.4, -0.2) is 51.0 Å². The van der Waals surface area contributed by atoms with Crippen LogP contribution in [0.15, 0.2) is 11.0 Å². The summed E-state index contributed by atoms with van der Waals surface area (Å²) in [5, 5.41) is 24.7. The summed E-state index contributed by atoms with van der Waals surface area (Å²) < 4.78 is 11.2. The number of cyclic esters (lactones) is 1. The highest BCUT2D eigenvalue weighted by atomic mass is 32.1. The number of carbonyl (C=O) groups is 2. The highest BCUT2D eigenvalue weighted by Gasteiger charge is 2.63. The molecule has 6 atom stereocenters. The summed E-state index contributed by atoms with van der Waals surface area (Å²) in [6, 6.07) is 0. The Morgan fingerprint density at radius 2 is 2.03 bits per heavy atom. The monoisotopic (exact) mass is 508 g/mol. The predicted molar refractivity (Wildman–Crippen MR) is 134 cm³/mol. The second kappa shape index (κ2) is 11.2. The lowest BCUT2D eigenvalue weighted by molar-refractivity contribution is -0.165. The van der Waals surface area contributed by atoms with Gasteiger partial charge in [-0.2, -0.15) is 0 Å². The van der Waals surface area contributed by atoms with Gasteiger partial charge in [0, 0.05) is 29.7 Å². The van der Waals surface area contributed by atoms with Crippen LogP contribution in [0.4, 0.5) is 0 Å². The number of nitrogens with zero attached hydrogens (tertiary/aromatic N) is 1. The molecule has 0 radical (unpaired) electrons. The normalized spacial score (nSPS) is 35.3. The van der Waals surface area contributed by atoms with Gasteiger partial charge in [0.15, 0.2) is 12.2 Å². The van der Waals surface area contributed by atoms with E-state index >= 15 is 0 Å². The quantitative estimate of drug-likeness (QED) is 0.416. The van der Waals surface area contributed by atoms with Crippen LogP contribution in [0.25, 0.3) is 6.08 Å². The molecule has 0 amide bonds. The van der Waals surface area contributed by atoms with Crippen LogP contribution in [0, 0.1) is 17.3 Å². The molecule has 8 nitrogen and oxygen atoms in total. The zero-order chi connectivity index (χ0) is 26.0. The number of aliphatic hydroxyl groups excluding tert-OH is 1. The molecule has 2 fully saturated rings. The number of Topliss-reactive ketones (excluding diaryl/α,β-unsaturated/α-hetero) is 1. The first-order chi connectivity index (χ1) is 16.4. The van der Waals surface area contributed by atoms with E-state index in [2.05, 4.69) is 11.9 Å². The Bertz CT molecular complexity index is 944. The van der Waals surface area contributed by atoms with Gasteiger partial charge < -0.3 is 25.4 Å². The lowest BCUT2D eigenvalue weighted by atomic mass is 9.75. The van der Waals surface area contributed by atoms with E-state index in [1.54, 1.807) is 13.0 Å². The second-order valence-electron chi connectivity index (χ2n) is 10.9. The molecule has 0 bridgehead atoms. The van der Waals surface area contributed by atoms with Crippen molar-refractivity contribution in [2.24, 2.45) is 23.0 Å². The summed E-state index contributed by atoms with van der Waals surface area (Å²) in [4.78, 5) is 30.4. The van der Waals surface area contributed by atoms with Crippen molar-refractivity contribution in [3.63, 3.8) is 0 Å². The zero-order valence-electron chi connectivity index (χ0n) is 21.5. The maximum Gasteiger partial charge on any atom is 0.306 e. The highest BCUT2D eigenvalue weighted by Crippen LogP contribution is 2.43. The van der Waals surface area contributed by atoms with E-state index in [0.29, 0.717) is 36.6 Å². The molecule has 1 aromatic heterocycles. The first-order valence-corrected chi connectivity index (χ1v) is 13.4. The second-order valence-corrected chi connectivity index (χ2v) is 11.8. The van der Waals surface area contributed by atoms with Crippen LogP contribution in [0.2, 0.25) is 0 Å². The SMILES string of the molecule is CC(=Cc1csc(CN)n1)C1OC(=O)CCC(C)(C)C(=O)C(C)CC(C)CCCC2OC2(O)C1O. The van der Waals surface area contributed by atoms with Gasteiger partial charge in [0.25, 0.3) is 0 Å². The van der Waals surface area contributed by atoms with E-state index in [1.807, 2.05) is 26.2 Å². The van der Waals surface area contributed by atoms with Crippen LogP contribution in [0.3, 0.4) is 0 Å². The van der Waals surface area contributed by atoms with Gasteiger partial charge in [-0.25, -0.2) is 4.98 Å². The van der Waals surface area contributed by atoms with E-state index in [1.165, 1.54) is 11.3 Å². The minimum Gasteiger partial charge on any atom is -0.455 e. The molecule has 2 saturated heterocycles. The van der Waals surface area contributed by atoms with Crippen molar-refractivity contribution in [2.45, 2.75) is 104 Å². The van der Waals surface area contributed by atoms with Crippen molar-refractivity contribution < 1.29 is 29.3 Å². The fourth-order valence-electron chi connectivity index (χ4n) is 5.03. The first kappa shape index (κ1) is 27.9. The van der Waals surface area contributed by atoms with Crippen LogP contribution in [-0.2, 0) is 25.6 Å². The summed E-state index contributed by atoms with van der Waals surface area (Å²) in [5.41, 5.74) is 6.15. The van der Waals surface area contributed by atoms with E-state index < -0.39 is 35.5 Å². The van der Waals surface area contributed by atoms with Crippen LogP contribution >= 0.6 is 11.3 Å². The number of thiazole rings is 1. The van der Waals surface area contributed by atoms with Gasteiger partial charge in [-0.1, -0.05) is 40.5 Å². The average molecular weight is 509 g/mol. The highest BCUT2D eigenvalue weighted by molar-refractivity contribution is 7.09. The fourth-order valence-corrected chi connectivity index (χ4v) is 5.66. The molecule has 196 valence electrons. The number of ketones is 1. The lowest BCUT2D eigenvalue weighted by Crippen LogP contribution is -2.45. The molecule has 2 aliphatic heterocycles. The topological polar surface area (TPSA) is 135 Å². The van der Waals surface area contributed by atoms with Crippen molar-refractivity contribution >= 4 is 29.2 Å². The number of rotatable bonds is 3. The first-order valence-electron chi connectivity index (χ1n) is 12.5. The molecule has 2 aliphatic rings.